The highest BCUT2D eigenvalue weighted by Crippen LogP contribution is 2.48. The van der Waals surface area contributed by atoms with Gasteiger partial charge in [0.05, 0.1) is 5.41 Å². The molecule has 2 nitrogen and oxygen atoms in total. The molecule has 1 rings (SSSR count). The van der Waals surface area contributed by atoms with Crippen molar-refractivity contribution in [3.8, 4) is 0 Å². The summed E-state index contributed by atoms with van der Waals surface area (Å²) in [6, 6.07) is 0. The van der Waals surface area contributed by atoms with E-state index >= 15 is 0 Å². The van der Waals surface area contributed by atoms with Crippen LogP contribution < -0.4 is 0 Å². The van der Waals surface area contributed by atoms with Crippen LogP contribution in [-0.4, -0.2) is 11.1 Å². The van der Waals surface area contributed by atoms with Crippen LogP contribution in [0.5, 0.6) is 0 Å². The number of rotatable bonds is 3. The second-order valence-corrected chi connectivity index (χ2v) is 4.70. The van der Waals surface area contributed by atoms with E-state index in [0.29, 0.717) is 6.42 Å². The van der Waals surface area contributed by atoms with Crippen LogP contribution in [0.2, 0.25) is 0 Å². The summed E-state index contributed by atoms with van der Waals surface area (Å²) in [7, 11) is 0. The molecule has 1 aliphatic rings. The van der Waals surface area contributed by atoms with Gasteiger partial charge in [0.1, 0.15) is 0 Å². The van der Waals surface area contributed by atoms with Gasteiger partial charge in [0, 0.05) is 5.41 Å². The van der Waals surface area contributed by atoms with Crippen LogP contribution in [0.25, 0.3) is 0 Å². The highest BCUT2D eigenvalue weighted by Gasteiger charge is 2.47. The first kappa shape index (κ1) is 11.3. The Morgan fingerprint density at radius 3 is 2.64 bits per heavy atom. The molecule has 0 aliphatic heterocycles. The summed E-state index contributed by atoms with van der Waals surface area (Å²) in [6.07, 6.45) is 8.10. The quantitative estimate of drug-likeness (QED) is 0.703. The highest BCUT2D eigenvalue weighted by molar-refractivity contribution is 5.75. The predicted molar refractivity (Wildman–Crippen MR) is 57.1 cm³/mol. The van der Waals surface area contributed by atoms with Crippen LogP contribution in [0, 0.1) is 10.8 Å². The van der Waals surface area contributed by atoms with Crippen LogP contribution >= 0.6 is 0 Å². The number of carboxylic acids is 1. The maximum absolute atomic E-state index is 11.3. The average Bonchev–Trinajstić information content (AvgIpc) is 2.17. The molecule has 80 valence electrons. The number of aliphatic carboxylic acids is 1. The molecule has 0 unspecified atom stereocenters. The molecule has 0 heterocycles. The first-order valence-corrected chi connectivity index (χ1v) is 5.37. The van der Waals surface area contributed by atoms with Gasteiger partial charge in [0.2, 0.25) is 0 Å². The maximum Gasteiger partial charge on any atom is 0.310 e. The van der Waals surface area contributed by atoms with Gasteiger partial charge in [-0.3, -0.25) is 4.79 Å². The molecule has 0 fully saturated rings. The normalized spacial score (nSPS) is 31.1. The number of carboxylic acid groups (broad SMARTS) is 1. The molecule has 0 aromatic rings. The fraction of sp³-hybridized carbons (Fsp3) is 0.750. The zero-order valence-electron chi connectivity index (χ0n) is 9.34. The Balaban J connectivity index is 3.03. The highest BCUT2D eigenvalue weighted by atomic mass is 16.4. The molecule has 0 saturated carbocycles. The van der Waals surface area contributed by atoms with Gasteiger partial charge in [-0.1, -0.05) is 26.0 Å². The Labute approximate surface area is 86.0 Å². The minimum atomic E-state index is -0.672. The summed E-state index contributed by atoms with van der Waals surface area (Å²) >= 11 is 0. The average molecular weight is 196 g/mol. The van der Waals surface area contributed by atoms with Crippen molar-refractivity contribution in [3.63, 3.8) is 0 Å². The minimum absolute atomic E-state index is 0.175. The van der Waals surface area contributed by atoms with E-state index in [2.05, 4.69) is 19.1 Å². The molecule has 1 N–H and O–H groups in total. The molecule has 0 amide bonds. The zero-order valence-corrected chi connectivity index (χ0v) is 9.34. The molecule has 14 heavy (non-hydrogen) atoms. The van der Waals surface area contributed by atoms with Gasteiger partial charge in [-0.05, 0) is 32.6 Å². The predicted octanol–water partition coefficient (Wildman–Crippen LogP) is 3.23. The van der Waals surface area contributed by atoms with E-state index in [1.807, 2.05) is 13.8 Å². The molecule has 0 aromatic carbocycles. The van der Waals surface area contributed by atoms with E-state index in [1.54, 1.807) is 0 Å². The summed E-state index contributed by atoms with van der Waals surface area (Å²) in [4.78, 5) is 11.3. The summed E-state index contributed by atoms with van der Waals surface area (Å²) in [6.45, 7) is 5.90. The summed E-state index contributed by atoms with van der Waals surface area (Å²) in [5, 5.41) is 9.32. The van der Waals surface area contributed by atoms with Crippen molar-refractivity contribution in [1.29, 1.82) is 0 Å². The van der Waals surface area contributed by atoms with E-state index < -0.39 is 11.4 Å². The summed E-state index contributed by atoms with van der Waals surface area (Å²) in [5.41, 5.74) is -0.796. The molecule has 0 aromatic heterocycles. The van der Waals surface area contributed by atoms with Crippen molar-refractivity contribution in [2.75, 3.05) is 0 Å². The van der Waals surface area contributed by atoms with Gasteiger partial charge < -0.3 is 5.11 Å². The first-order chi connectivity index (χ1) is 6.46. The molecule has 1 aliphatic carbocycles. The van der Waals surface area contributed by atoms with Crippen molar-refractivity contribution in [3.05, 3.63) is 12.2 Å². The number of allylic oxidation sites excluding steroid dienone is 2. The van der Waals surface area contributed by atoms with Crippen molar-refractivity contribution in [1.82, 2.24) is 0 Å². The lowest BCUT2D eigenvalue weighted by Crippen LogP contribution is -2.43. The minimum Gasteiger partial charge on any atom is -0.481 e. The summed E-state index contributed by atoms with van der Waals surface area (Å²) in [5.74, 6) is -0.672. The lowest BCUT2D eigenvalue weighted by atomic mass is 9.60. The largest absolute Gasteiger partial charge is 0.481 e. The van der Waals surface area contributed by atoms with E-state index in [9.17, 15) is 9.90 Å². The standard InChI is InChI=1S/C12H20O2/c1-4-12(3,10(13)14)11(2)8-6-5-7-9-11/h6,8H,4-5,7,9H2,1-3H3,(H,13,14)/t11-,12+/m0/s1. The molecule has 0 radical (unpaired) electrons. The monoisotopic (exact) mass is 196 g/mol. The molecule has 2 heteroatoms. The Bertz CT molecular complexity index is 257. The van der Waals surface area contributed by atoms with Gasteiger partial charge in [-0.25, -0.2) is 0 Å². The molecular weight excluding hydrogens is 176 g/mol. The first-order valence-electron chi connectivity index (χ1n) is 5.37. The van der Waals surface area contributed by atoms with Crippen molar-refractivity contribution in [2.24, 2.45) is 10.8 Å². The van der Waals surface area contributed by atoms with Gasteiger partial charge in [0.15, 0.2) is 0 Å². The lowest BCUT2D eigenvalue weighted by molar-refractivity contribution is -0.154. The van der Waals surface area contributed by atoms with Gasteiger partial charge in [-0.2, -0.15) is 0 Å². The second kappa shape index (κ2) is 3.76. The van der Waals surface area contributed by atoms with Crippen LogP contribution in [0.4, 0.5) is 0 Å². The molecule has 2 atom stereocenters. The second-order valence-electron chi connectivity index (χ2n) is 4.70. The molecule has 0 bridgehead atoms. The SMILES string of the molecule is CC[C@](C)(C(=O)O)[C@@]1(C)C=CCCC1. The Morgan fingerprint density at radius 1 is 1.64 bits per heavy atom. The van der Waals surface area contributed by atoms with Crippen LogP contribution in [0.1, 0.15) is 46.5 Å². The fourth-order valence-electron chi connectivity index (χ4n) is 2.27. The van der Waals surface area contributed by atoms with Crippen molar-refractivity contribution >= 4 is 5.97 Å². The van der Waals surface area contributed by atoms with Crippen LogP contribution in [0.3, 0.4) is 0 Å². The van der Waals surface area contributed by atoms with Crippen LogP contribution in [-0.2, 0) is 4.79 Å². The zero-order chi connectivity index (χ0) is 10.8. The van der Waals surface area contributed by atoms with E-state index in [0.717, 1.165) is 19.3 Å². The van der Waals surface area contributed by atoms with Crippen LogP contribution in [0.15, 0.2) is 12.2 Å². The number of carbonyl (C=O) groups is 1. The fourth-order valence-corrected chi connectivity index (χ4v) is 2.27. The van der Waals surface area contributed by atoms with E-state index in [1.165, 1.54) is 0 Å². The smallest absolute Gasteiger partial charge is 0.310 e. The van der Waals surface area contributed by atoms with Gasteiger partial charge >= 0.3 is 5.97 Å². The maximum atomic E-state index is 11.3. The van der Waals surface area contributed by atoms with Crippen molar-refractivity contribution < 1.29 is 9.90 Å². The third-order valence-corrected chi connectivity index (χ3v) is 3.99. The van der Waals surface area contributed by atoms with Crippen molar-refractivity contribution in [2.45, 2.75) is 46.5 Å². The Kier molecular flexibility index (Phi) is 3.03. The van der Waals surface area contributed by atoms with E-state index in [-0.39, 0.29) is 5.41 Å². The third kappa shape index (κ3) is 1.58. The van der Waals surface area contributed by atoms with Gasteiger partial charge in [0.25, 0.3) is 0 Å². The number of hydrogen-bond donors (Lipinski definition) is 1. The topological polar surface area (TPSA) is 37.3 Å². The lowest BCUT2D eigenvalue weighted by Gasteiger charge is -2.42. The molecule has 0 spiro atoms. The summed E-state index contributed by atoms with van der Waals surface area (Å²) < 4.78 is 0. The van der Waals surface area contributed by atoms with Gasteiger partial charge in [-0.15, -0.1) is 0 Å². The third-order valence-electron chi connectivity index (χ3n) is 3.99. The molecule has 0 saturated heterocycles. The Morgan fingerprint density at radius 2 is 2.29 bits per heavy atom. The Hall–Kier alpha value is -0.790. The van der Waals surface area contributed by atoms with E-state index in [4.69, 9.17) is 0 Å². The number of hydrogen-bond acceptors (Lipinski definition) is 1. The molecular formula is C12H20O2.